The fourth-order valence-electron chi connectivity index (χ4n) is 1.26. The third-order valence-electron chi connectivity index (χ3n) is 2.12. The van der Waals surface area contributed by atoms with E-state index in [1.165, 1.54) is 7.11 Å². The molecule has 0 amide bonds. The van der Waals surface area contributed by atoms with E-state index in [0.29, 0.717) is 5.56 Å². The van der Waals surface area contributed by atoms with Gasteiger partial charge >= 0.3 is 5.97 Å². The molecule has 0 N–H and O–H groups in total. The Kier molecular flexibility index (Phi) is 4.56. The molecule has 0 aliphatic carbocycles. The lowest BCUT2D eigenvalue weighted by Crippen LogP contribution is -2.04. The van der Waals surface area contributed by atoms with E-state index in [1.54, 1.807) is 12.3 Å². The summed E-state index contributed by atoms with van der Waals surface area (Å²) in [4.78, 5) is 15.3. The summed E-state index contributed by atoms with van der Waals surface area (Å²) in [7, 11) is 1.33. The SMILES string of the molecule is CCCCc1cnc(Cl)c(C(=O)OC)c1. The van der Waals surface area contributed by atoms with Crippen LogP contribution < -0.4 is 0 Å². The molecule has 0 saturated heterocycles. The van der Waals surface area contributed by atoms with Crippen molar-refractivity contribution in [3.8, 4) is 0 Å². The monoisotopic (exact) mass is 227 g/mol. The van der Waals surface area contributed by atoms with E-state index >= 15 is 0 Å². The lowest BCUT2D eigenvalue weighted by molar-refractivity contribution is 0.0600. The second-order valence-electron chi connectivity index (χ2n) is 3.28. The van der Waals surface area contributed by atoms with Gasteiger partial charge in [-0.25, -0.2) is 9.78 Å². The van der Waals surface area contributed by atoms with Gasteiger partial charge in [-0.15, -0.1) is 0 Å². The number of aryl methyl sites for hydroxylation is 1. The van der Waals surface area contributed by atoms with E-state index in [-0.39, 0.29) is 5.15 Å². The second kappa shape index (κ2) is 5.71. The molecule has 0 spiro atoms. The summed E-state index contributed by atoms with van der Waals surface area (Å²) in [6.07, 6.45) is 4.79. The Morgan fingerprint density at radius 2 is 2.33 bits per heavy atom. The minimum atomic E-state index is -0.439. The van der Waals surface area contributed by atoms with Crippen molar-refractivity contribution in [1.29, 1.82) is 0 Å². The molecule has 0 saturated carbocycles. The molecule has 0 bridgehead atoms. The summed E-state index contributed by atoms with van der Waals surface area (Å²) >= 11 is 5.79. The number of pyridine rings is 1. The molecular formula is C11H14ClNO2. The molecule has 0 aliphatic heterocycles. The summed E-state index contributed by atoms with van der Waals surface area (Å²) in [5, 5.41) is 0.196. The number of carbonyl (C=O) groups is 1. The fourth-order valence-corrected chi connectivity index (χ4v) is 1.44. The van der Waals surface area contributed by atoms with Crippen molar-refractivity contribution in [2.24, 2.45) is 0 Å². The van der Waals surface area contributed by atoms with E-state index in [1.807, 2.05) is 0 Å². The molecule has 1 rings (SSSR count). The van der Waals surface area contributed by atoms with Crippen molar-refractivity contribution in [3.05, 3.63) is 28.5 Å². The van der Waals surface area contributed by atoms with Crippen LogP contribution in [0.2, 0.25) is 5.15 Å². The highest BCUT2D eigenvalue weighted by Crippen LogP contribution is 2.16. The van der Waals surface area contributed by atoms with E-state index in [2.05, 4.69) is 16.6 Å². The number of ether oxygens (including phenoxy) is 1. The van der Waals surface area contributed by atoms with Gasteiger partial charge in [0, 0.05) is 6.20 Å². The predicted octanol–water partition coefficient (Wildman–Crippen LogP) is 2.86. The molecule has 1 aromatic heterocycles. The van der Waals surface area contributed by atoms with Gasteiger partial charge in [-0.1, -0.05) is 24.9 Å². The Hall–Kier alpha value is -1.09. The van der Waals surface area contributed by atoms with E-state index in [0.717, 1.165) is 24.8 Å². The highest BCUT2D eigenvalue weighted by Gasteiger charge is 2.12. The van der Waals surface area contributed by atoms with Crippen molar-refractivity contribution in [2.75, 3.05) is 7.11 Å². The van der Waals surface area contributed by atoms with Crippen LogP contribution >= 0.6 is 11.6 Å². The van der Waals surface area contributed by atoms with Crippen molar-refractivity contribution in [1.82, 2.24) is 4.98 Å². The molecule has 0 unspecified atom stereocenters. The molecule has 0 fully saturated rings. The minimum Gasteiger partial charge on any atom is -0.465 e. The molecule has 3 nitrogen and oxygen atoms in total. The van der Waals surface area contributed by atoms with Crippen LogP contribution in [0.4, 0.5) is 0 Å². The lowest BCUT2D eigenvalue weighted by atomic mass is 10.1. The predicted molar refractivity (Wildman–Crippen MR) is 59.2 cm³/mol. The topological polar surface area (TPSA) is 39.2 Å². The maximum atomic E-state index is 11.3. The highest BCUT2D eigenvalue weighted by atomic mass is 35.5. The van der Waals surface area contributed by atoms with Crippen molar-refractivity contribution < 1.29 is 9.53 Å². The quantitative estimate of drug-likeness (QED) is 0.587. The fraction of sp³-hybridized carbons (Fsp3) is 0.455. The zero-order valence-corrected chi connectivity index (χ0v) is 9.67. The second-order valence-corrected chi connectivity index (χ2v) is 3.64. The first-order chi connectivity index (χ1) is 7.19. The maximum Gasteiger partial charge on any atom is 0.341 e. The number of unbranched alkanes of at least 4 members (excludes halogenated alkanes) is 1. The van der Waals surface area contributed by atoms with E-state index in [9.17, 15) is 4.79 Å². The third-order valence-corrected chi connectivity index (χ3v) is 2.42. The van der Waals surface area contributed by atoms with Gasteiger partial charge in [-0.3, -0.25) is 0 Å². The number of nitrogens with zero attached hydrogens (tertiary/aromatic N) is 1. The average Bonchev–Trinajstić information content (AvgIpc) is 2.27. The van der Waals surface area contributed by atoms with Gasteiger partial charge in [0.2, 0.25) is 0 Å². The number of hydrogen-bond acceptors (Lipinski definition) is 3. The standard InChI is InChI=1S/C11H14ClNO2/c1-3-4-5-8-6-9(11(14)15-2)10(12)13-7-8/h6-7H,3-5H2,1-2H3. The van der Waals surface area contributed by atoms with Gasteiger partial charge in [-0.05, 0) is 24.5 Å². The molecule has 1 heterocycles. The van der Waals surface area contributed by atoms with Gasteiger partial charge in [0.05, 0.1) is 12.7 Å². The van der Waals surface area contributed by atoms with Gasteiger partial charge in [0.15, 0.2) is 0 Å². The van der Waals surface area contributed by atoms with Crippen LogP contribution in [0.1, 0.15) is 35.7 Å². The summed E-state index contributed by atoms with van der Waals surface area (Å²) in [6.45, 7) is 2.12. The van der Waals surface area contributed by atoms with Crippen molar-refractivity contribution in [2.45, 2.75) is 26.2 Å². The molecule has 0 atom stereocenters. The van der Waals surface area contributed by atoms with Gasteiger partial charge in [0.1, 0.15) is 5.15 Å². The Labute approximate surface area is 94.4 Å². The molecule has 0 aliphatic rings. The van der Waals surface area contributed by atoms with Crippen LogP contribution in [-0.4, -0.2) is 18.1 Å². The van der Waals surface area contributed by atoms with Crippen LogP contribution in [0.5, 0.6) is 0 Å². The van der Waals surface area contributed by atoms with Crippen molar-refractivity contribution in [3.63, 3.8) is 0 Å². The number of methoxy groups -OCH3 is 1. The maximum absolute atomic E-state index is 11.3. The first kappa shape index (κ1) is 12.0. The Morgan fingerprint density at radius 1 is 1.60 bits per heavy atom. The Bertz CT molecular complexity index is 352. The van der Waals surface area contributed by atoms with Gasteiger partial charge in [-0.2, -0.15) is 0 Å². The number of esters is 1. The molecule has 82 valence electrons. The molecular weight excluding hydrogens is 214 g/mol. The van der Waals surface area contributed by atoms with Gasteiger partial charge in [0.25, 0.3) is 0 Å². The summed E-state index contributed by atoms with van der Waals surface area (Å²) in [6, 6.07) is 1.75. The van der Waals surface area contributed by atoms with E-state index < -0.39 is 5.97 Å². The molecule has 4 heteroatoms. The number of aromatic nitrogens is 1. The van der Waals surface area contributed by atoms with E-state index in [4.69, 9.17) is 11.6 Å². The molecule has 0 radical (unpaired) electrons. The molecule has 0 aromatic carbocycles. The minimum absolute atomic E-state index is 0.196. The van der Waals surface area contributed by atoms with Crippen LogP contribution in [0.15, 0.2) is 12.3 Å². The number of rotatable bonds is 4. The van der Waals surface area contributed by atoms with Crippen molar-refractivity contribution >= 4 is 17.6 Å². The molecule has 15 heavy (non-hydrogen) atoms. The summed E-state index contributed by atoms with van der Waals surface area (Å²) in [5.74, 6) is -0.439. The van der Waals surface area contributed by atoms with Crippen LogP contribution in [0.25, 0.3) is 0 Å². The highest BCUT2D eigenvalue weighted by molar-refractivity contribution is 6.32. The normalized spacial score (nSPS) is 10.1. The Morgan fingerprint density at radius 3 is 2.93 bits per heavy atom. The third kappa shape index (κ3) is 3.20. The zero-order valence-electron chi connectivity index (χ0n) is 8.92. The first-order valence-corrected chi connectivity index (χ1v) is 5.29. The van der Waals surface area contributed by atoms with Crippen LogP contribution in [-0.2, 0) is 11.2 Å². The molecule has 1 aromatic rings. The number of hydrogen-bond donors (Lipinski definition) is 0. The van der Waals surface area contributed by atoms with Crippen LogP contribution in [0.3, 0.4) is 0 Å². The summed E-state index contributed by atoms with van der Waals surface area (Å²) in [5.41, 5.74) is 1.36. The average molecular weight is 228 g/mol. The smallest absolute Gasteiger partial charge is 0.341 e. The number of halogens is 1. The van der Waals surface area contributed by atoms with Crippen LogP contribution in [0, 0.1) is 0 Å². The lowest BCUT2D eigenvalue weighted by Gasteiger charge is -2.04. The zero-order chi connectivity index (χ0) is 11.3. The largest absolute Gasteiger partial charge is 0.465 e. The first-order valence-electron chi connectivity index (χ1n) is 4.91. The number of carbonyl (C=O) groups excluding carboxylic acids is 1. The van der Waals surface area contributed by atoms with Gasteiger partial charge < -0.3 is 4.74 Å². The summed E-state index contributed by atoms with van der Waals surface area (Å²) < 4.78 is 4.61. The Balaban J connectivity index is 2.89.